The molecule has 2 aromatic carbocycles. The molecule has 0 aliphatic carbocycles. The molecule has 0 bridgehead atoms. The van der Waals surface area contributed by atoms with E-state index in [0.29, 0.717) is 18.1 Å². The van der Waals surface area contributed by atoms with Crippen LogP contribution in [0.1, 0.15) is 23.8 Å². The zero-order valence-electron chi connectivity index (χ0n) is 14.5. The number of ether oxygens (including phenoxy) is 1. The maximum Gasteiger partial charge on any atom is 0.271 e. The van der Waals surface area contributed by atoms with Crippen LogP contribution in [0.5, 0.6) is 11.5 Å². The first-order valence-electron chi connectivity index (χ1n) is 8.47. The van der Waals surface area contributed by atoms with Gasteiger partial charge in [-0.25, -0.2) is 0 Å². The number of anilines is 2. The molecule has 0 aliphatic heterocycles. The van der Waals surface area contributed by atoms with Gasteiger partial charge in [-0.1, -0.05) is 37.3 Å². The summed E-state index contributed by atoms with van der Waals surface area (Å²) in [4.78, 5) is 11.9. The molecule has 1 amide bonds. The van der Waals surface area contributed by atoms with Gasteiger partial charge in [-0.2, -0.15) is 0 Å². The molecule has 1 aromatic heterocycles. The third-order valence-electron chi connectivity index (χ3n) is 3.55. The minimum atomic E-state index is -0.223. The molecule has 0 fully saturated rings. The van der Waals surface area contributed by atoms with E-state index in [1.807, 2.05) is 61.5 Å². The number of benzene rings is 2. The van der Waals surface area contributed by atoms with Crippen LogP contribution in [0.4, 0.5) is 11.5 Å². The molecule has 0 radical (unpaired) electrons. The third kappa shape index (κ3) is 4.57. The van der Waals surface area contributed by atoms with Gasteiger partial charge in [-0.3, -0.25) is 4.79 Å². The Morgan fingerprint density at radius 3 is 2.46 bits per heavy atom. The Morgan fingerprint density at radius 2 is 1.73 bits per heavy atom. The number of nitrogens with one attached hydrogen (secondary N) is 2. The molecule has 0 atom stereocenters. The monoisotopic (exact) mass is 348 g/mol. The van der Waals surface area contributed by atoms with E-state index in [-0.39, 0.29) is 11.6 Å². The van der Waals surface area contributed by atoms with Crippen LogP contribution in [0.2, 0.25) is 0 Å². The SMILES string of the molecule is CCCNC(=O)c1ccc(Nc2ccccc2Oc2ccccc2)nn1. The summed E-state index contributed by atoms with van der Waals surface area (Å²) in [5.74, 6) is 1.72. The third-order valence-corrected chi connectivity index (χ3v) is 3.55. The molecule has 0 saturated carbocycles. The number of hydrogen-bond donors (Lipinski definition) is 2. The van der Waals surface area contributed by atoms with Crippen LogP contribution in [0.3, 0.4) is 0 Å². The first kappa shape index (κ1) is 17.4. The fourth-order valence-electron chi connectivity index (χ4n) is 2.26. The summed E-state index contributed by atoms with van der Waals surface area (Å²) in [5.41, 5.74) is 1.05. The molecule has 0 aliphatic rings. The van der Waals surface area contributed by atoms with E-state index in [1.165, 1.54) is 0 Å². The van der Waals surface area contributed by atoms with Crippen LogP contribution in [-0.2, 0) is 0 Å². The van der Waals surface area contributed by atoms with Crippen LogP contribution in [0.15, 0.2) is 66.7 Å². The van der Waals surface area contributed by atoms with Gasteiger partial charge in [0.25, 0.3) is 5.91 Å². The van der Waals surface area contributed by atoms with E-state index in [4.69, 9.17) is 4.74 Å². The van der Waals surface area contributed by atoms with Crippen molar-refractivity contribution in [3.63, 3.8) is 0 Å². The minimum absolute atomic E-state index is 0.223. The molecular formula is C20H20N4O2. The zero-order chi connectivity index (χ0) is 18.2. The smallest absolute Gasteiger partial charge is 0.271 e. The Morgan fingerprint density at radius 1 is 0.962 bits per heavy atom. The first-order valence-corrected chi connectivity index (χ1v) is 8.47. The van der Waals surface area contributed by atoms with Crippen molar-refractivity contribution in [3.05, 3.63) is 72.4 Å². The van der Waals surface area contributed by atoms with Crippen LogP contribution in [-0.4, -0.2) is 22.6 Å². The van der Waals surface area contributed by atoms with E-state index in [9.17, 15) is 4.79 Å². The number of nitrogens with zero attached hydrogens (tertiary/aromatic N) is 2. The summed E-state index contributed by atoms with van der Waals surface area (Å²) in [5, 5.41) is 14.0. The highest BCUT2D eigenvalue weighted by atomic mass is 16.5. The Bertz CT molecular complexity index is 851. The van der Waals surface area contributed by atoms with E-state index < -0.39 is 0 Å². The van der Waals surface area contributed by atoms with Gasteiger partial charge in [0, 0.05) is 6.54 Å². The van der Waals surface area contributed by atoms with Crippen molar-refractivity contribution in [3.8, 4) is 11.5 Å². The number of hydrogen-bond acceptors (Lipinski definition) is 5. The predicted octanol–water partition coefficient (Wildman–Crippen LogP) is 4.15. The van der Waals surface area contributed by atoms with Gasteiger partial charge in [0.2, 0.25) is 0 Å². The van der Waals surface area contributed by atoms with Crippen molar-refractivity contribution in [2.24, 2.45) is 0 Å². The molecular weight excluding hydrogens is 328 g/mol. The number of rotatable bonds is 7. The van der Waals surface area contributed by atoms with Crippen molar-refractivity contribution < 1.29 is 9.53 Å². The number of para-hydroxylation sites is 3. The highest BCUT2D eigenvalue weighted by molar-refractivity contribution is 5.92. The second kappa shape index (κ2) is 8.62. The van der Waals surface area contributed by atoms with Gasteiger partial charge >= 0.3 is 0 Å². The van der Waals surface area contributed by atoms with E-state index in [1.54, 1.807) is 12.1 Å². The summed E-state index contributed by atoms with van der Waals surface area (Å²) < 4.78 is 5.91. The second-order valence-electron chi connectivity index (χ2n) is 5.60. The Hall–Kier alpha value is -3.41. The van der Waals surface area contributed by atoms with Crippen LogP contribution in [0.25, 0.3) is 0 Å². The largest absolute Gasteiger partial charge is 0.455 e. The van der Waals surface area contributed by atoms with E-state index >= 15 is 0 Å². The molecule has 1 heterocycles. The predicted molar refractivity (Wildman–Crippen MR) is 101 cm³/mol. The lowest BCUT2D eigenvalue weighted by Gasteiger charge is -2.12. The average Bonchev–Trinajstić information content (AvgIpc) is 2.69. The van der Waals surface area contributed by atoms with Crippen LogP contribution in [0, 0.1) is 0 Å². The quantitative estimate of drug-likeness (QED) is 0.671. The highest BCUT2D eigenvalue weighted by Crippen LogP contribution is 2.30. The van der Waals surface area contributed by atoms with Gasteiger partial charge in [-0.05, 0) is 42.8 Å². The number of amides is 1. The lowest BCUT2D eigenvalue weighted by atomic mass is 10.2. The van der Waals surface area contributed by atoms with Crippen molar-refractivity contribution in [1.82, 2.24) is 15.5 Å². The topological polar surface area (TPSA) is 76.1 Å². The minimum Gasteiger partial charge on any atom is -0.455 e. The van der Waals surface area contributed by atoms with Crippen molar-refractivity contribution in [2.45, 2.75) is 13.3 Å². The van der Waals surface area contributed by atoms with Crippen molar-refractivity contribution in [1.29, 1.82) is 0 Å². The van der Waals surface area contributed by atoms with Crippen molar-refractivity contribution in [2.75, 3.05) is 11.9 Å². The lowest BCUT2D eigenvalue weighted by molar-refractivity contribution is 0.0947. The number of aromatic nitrogens is 2. The summed E-state index contributed by atoms with van der Waals surface area (Å²) in [6.07, 6.45) is 0.872. The molecule has 0 spiro atoms. The van der Waals surface area contributed by atoms with Crippen LogP contribution >= 0.6 is 0 Å². The summed E-state index contributed by atoms with van der Waals surface area (Å²) in [6.45, 7) is 2.61. The summed E-state index contributed by atoms with van der Waals surface area (Å²) in [6, 6.07) is 20.5. The zero-order valence-corrected chi connectivity index (χ0v) is 14.5. The summed E-state index contributed by atoms with van der Waals surface area (Å²) in [7, 11) is 0. The Kier molecular flexibility index (Phi) is 5.77. The molecule has 3 aromatic rings. The highest BCUT2D eigenvalue weighted by Gasteiger charge is 2.09. The van der Waals surface area contributed by atoms with Crippen LogP contribution < -0.4 is 15.4 Å². The fraction of sp³-hybridized carbons (Fsp3) is 0.150. The van der Waals surface area contributed by atoms with E-state index in [0.717, 1.165) is 17.9 Å². The molecule has 6 nitrogen and oxygen atoms in total. The molecule has 3 rings (SSSR count). The first-order chi connectivity index (χ1) is 12.8. The number of carbonyl (C=O) groups excluding carboxylic acids is 1. The maximum absolute atomic E-state index is 11.9. The maximum atomic E-state index is 11.9. The summed E-state index contributed by atoms with van der Waals surface area (Å²) >= 11 is 0. The second-order valence-corrected chi connectivity index (χ2v) is 5.60. The van der Waals surface area contributed by atoms with Gasteiger partial charge < -0.3 is 15.4 Å². The van der Waals surface area contributed by atoms with Gasteiger partial charge in [0.05, 0.1) is 5.69 Å². The normalized spacial score (nSPS) is 10.2. The standard InChI is InChI=1S/C20H20N4O2/c1-2-14-21-20(25)17-12-13-19(24-23-17)22-16-10-6-7-11-18(16)26-15-8-4-3-5-9-15/h3-13H,2,14H2,1H3,(H,21,25)(H,22,24). The Balaban J connectivity index is 1.72. The van der Waals surface area contributed by atoms with Gasteiger partial charge in [0.1, 0.15) is 5.75 Å². The van der Waals surface area contributed by atoms with Gasteiger partial charge in [0.15, 0.2) is 17.3 Å². The average molecular weight is 348 g/mol. The molecule has 132 valence electrons. The Labute approximate surface area is 152 Å². The molecule has 0 saturated heterocycles. The molecule has 26 heavy (non-hydrogen) atoms. The van der Waals surface area contributed by atoms with Crippen molar-refractivity contribution >= 4 is 17.4 Å². The number of carbonyl (C=O) groups is 1. The molecule has 2 N–H and O–H groups in total. The lowest BCUT2D eigenvalue weighted by Crippen LogP contribution is -2.25. The molecule has 6 heteroatoms. The fourth-order valence-corrected chi connectivity index (χ4v) is 2.26. The van der Waals surface area contributed by atoms with Gasteiger partial charge in [-0.15, -0.1) is 10.2 Å². The molecule has 0 unspecified atom stereocenters. The van der Waals surface area contributed by atoms with E-state index in [2.05, 4.69) is 20.8 Å².